The number of fused-ring (bicyclic) bond motifs is 1. The summed E-state index contributed by atoms with van der Waals surface area (Å²) in [7, 11) is 1.55. The second-order valence-corrected chi connectivity index (χ2v) is 5.67. The van der Waals surface area contributed by atoms with Gasteiger partial charge in [-0.25, -0.2) is 9.37 Å². The van der Waals surface area contributed by atoms with Gasteiger partial charge in [0.25, 0.3) is 5.89 Å². The van der Waals surface area contributed by atoms with Gasteiger partial charge in [-0.1, -0.05) is 17.3 Å². The van der Waals surface area contributed by atoms with Crippen molar-refractivity contribution in [2.24, 2.45) is 0 Å². The zero-order valence-corrected chi connectivity index (χ0v) is 13.7. The molecule has 0 radical (unpaired) electrons. The monoisotopic (exact) mass is 335 g/mol. The molecule has 0 spiro atoms. The van der Waals surface area contributed by atoms with Gasteiger partial charge < -0.3 is 9.26 Å². The van der Waals surface area contributed by atoms with Crippen LogP contribution in [0.15, 0.2) is 53.1 Å². The highest BCUT2D eigenvalue weighted by atomic mass is 19.1. The Morgan fingerprint density at radius 2 is 1.80 bits per heavy atom. The molecule has 4 rings (SSSR count). The largest absolute Gasteiger partial charge is 0.480 e. The zero-order valence-electron chi connectivity index (χ0n) is 13.7. The molecule has 6 heteroatoms. The van der Waals surface area contributed by atoms with Crippen LogP contribution >= 0.6 is 0 Å². The topological polar surface area (TPSA) is 61.0 Å². The van der Waals surface area contributed by atoms with Crippen molar-refractivity contribution in [2.75, 3.05) is 7.11 Å². The van der Waals surface area contributed by atoms with Crippen LogP contribution in [0.2, 0.25) is 0 Å². The van der Waals surface area contributed by atoms with Crippen LogP contribution in [0, 0.1) is 12.7 Å². The molecular weight excluding hydrogens is 321 g/mol. The van der Waals surface area contributed by atoms with Crippen molar-refractivity contribution in [2.45, 2.75) is 6.92 Å². The highest BCUT2D eigenvalue weighted by Crippen LogP contribution is 2.31. The van der Waals surface area contributed by atoms with Crippen LogP contribution in [-0.2, 0) is 0 Å². The minimum atomic E-state index is -0.320. The fourth-order valence-electron chi connectivity index (χ4n) is 2.62. The van der Waals surface area contributed by atoms with Gasteiger partial charge in [-0.3, -0.25) is 0 Å². The van der Waals surface area contributed by atoms with E-state index >= 15 is 0 Å². The Morgan fingerprint density at radius 3 is 2.56 bits per heavy atom. The molecule has 0 aliphatic carbocycles. The molecule has 0 N–H and O–H groups in total. The number of pyridine rings is 1. The Bertz CT molecular complexity index is 1060. The fraction of sp³-hybridized carbons (Fsp3) is 0.105. The van der Waals surface area contributed by atoms with Gasteiger partial charge in [0.2, 0.25) is 11.7 Å². The standard InChI is InChI=1S/C19H14FN3O2/c1-11-3-4-13-10-15(19(24-2)21-16(13)9-11)17-22-18(25-23-17)12-5-7-14(20)8-6-12/h3-10H,1-2H3. The molecule has 0 amide bonds. The van der Waals surface area contributed by atoms with E-state index in [2.05, 4.69) is 15.1 Å². The Labute approximate surface area is 143 Å². The summed E-state index contributed by atoms with van der Waals surface area (Å²) >= 11 is 0. The third kappa shape index (κ3) is 2.82. The minimum absolute atomic E-state index is 0.307. The molecule has 0 atom stereocenters. The number of hydrogen-bond acceptors (Lipinski definition) is 5. The molecule has 0 aliphatic rings. The normalized spacial score (nSPS) is 11.0. The van der Waals surface area contributed by atoms with Crippen LogP contribution in [0.3, 0.4) is 0 Å². The first-order valence-electron chi connectivity index (χ1n) is 7.69. The van der Waals surface area contributed by atoms with Crippen LogP contribution in [0.1, 0.15) is 5.56 Å². The number of aryl methyl sites for hydroxylation is 1. The van der Waals surface area contributed by atoms with E-state index in [4.69, 9.17) is 9.26 Å². The summed E-state index contributed by atoms with van der Waals surface area (Å²) in [6, 6.07) is 13.8. The van der Waals surface area contributed by atoms with E-state index in [0.29, 0.717) is 28.7 Å². The lowest BCUT2D eigenvalue weighted by Gasteiger charge is -2.07. The van der Waals surface area contributed by atoms with Crippen molar-refractivity contribution in [1.29, 1.82) is 0 Å². The van der Waals surface area contributed by atoms with Gasteiger partial charge in [0.05, 0.1) is 18.2 Å². The van der Waals surface area contributed by atoms with E-state index in [-0.39, 0.29) is 5.82 Å². The molecule has 0 unspecified atom stereocenters. The first-order valence-corrected chi connectivity index (χ1v) is 7.69. The van der Waals surface area contributed by atoms with E-state index in [1.807, 2.05) is 31.2 Å². The lowest BCUT2D eigenvalue weighted by molar-refractivity contribution is 0.399. The average Bonchev–Trinajstić information content (AvgIpc) is 3.11. The zero-order chi connectivity index (χ0) is 17.4. The summed E-state index contributed by atoms with van der Waals surface area (Å²) in [5.74, 6) is 0.774. The molecule has 5 nitrogen and oxygen atoms in total. The van der Waals surface area contributed by atoms with Crippen molar-refractivity contribution in [3.63, 3.8) is 0 Å². The van der Waals surface area contributed by atoms with Crippen molar-refractivity contribution < 1.29 is 13.7 Å². The molecule has 0 saturated carbocycles. The van der Waals surface area contributed by atoms with Gasteiger partial charge in [-0.05, 0) is 48.9 Å². The molecule has 124 valence electrons. The summed E-state index contributed by atoms with van der Waals surface area (Å²) in [4.78, 5) is 8.92. The quantitative estimate of drug-likeness (QED) is 0.555. The minimum Gasteiger partial charge on any atom is -0.480 e. The Morgan fingerprint density at radius 1 is 1.00 bits per heavy atom. The Kier molecular flexibility index (Phi) is 3.65. The molecule has 25 heavy (non-hydrogen) atoms. The molecule has 0 aliphatic heterocycles. The highest BCUT2D eigenvalue weighted by molar-refractivity contribution is 5.85. The number of hydrogen-bond donors (Lipinski definition) is 0. The number of aromatic nitrogens is 3. The van der Waals surface area contributed by atoms with E-state index in [1.54, 1.807) is 19.2 Å². The first kappa shape index (κ1) is 15.3. The summed E-state index contributed by atoms with van der Waals surface area (Å²) in [5, 5.41) is 4.97. The van der Waals surface area contributed by atoms with Gasteiger partial charge in [-0.15, -0.1) is 0 Å². The second kappa shape index (κ2) is 5.98. The summed E-state index contributed by atoms with van der Waals surface area (Å²) in [5.41, 5.74) is 3.23. The first-order chi connectivity index (χ1) is 12.1. The van der Waals surface area contributed by atoms with Crippen molar-refractivity contribution in [3.8, 4) is 28.7 Å². The summed E-state index contributed by atoms with van der Waals surface area (Å²) in [6.45, 7) is 2.01. The number of halogens is 1. The van der Waals surface area contributed by atoms with Gasteiger partial charge in [0.15, 0.2) is 0 Å². The van der Waals surface area contributed by atoms with Crippen molar-refractivity contribution in [1.82, 2.24) is 15.1 Å². The number of rotatable bonds is 3. The fourth-order valence-corrected chi connectivity index (χ4v) is 2.62. The molecule has 4 aromatic rings. The predicted molar refractivity (Wildman–Crippen MR) is 91.7 cm³/mol. The molecule has 0 saturated heterocycles. The van der Waals surface area contributed by atoms with E-state index in [0.717, 1.165) is 16.5 Å². The predicted octanol–water partition coefficient (Wildman–Crippen LogP) is 4.41. The third-order valence-electron chi connectivity index (χ3n) is 3.89. The number of nitrogens with zero attached hydrogens (tertiary/aromatic N) is 3. The lowest BCUT2D eigenvalue weighted by atomic mass is 10.1. The Hall–Kier alpha value is -3.28. The smallest absolute Gasteiger partial charge is 0.258 e. The van der Waals surface area contributed by atoms with Crippen molar-refractivity contribution in [3.05, 3.63) is 59.9 Å². The number of ether oxygens (including phenoxy) is 1. The second-order valence-electron chi connectivity index (χ2n) is 5.67. The SMILES string of the molecule is COc1nc2cc(C)ccc2cc1-c1noc(-c2ccc(F)cc2)n1. The maximum atomic E-state index is 13.1. The van der Waals surface area contributed by atoms with E-state index < -0.39 is 0 Å². The van der Waals surface area contributed by atoms with E-state index in [9.17, 15) is 4.39 Å². The molecule has 2 aromatic heterocycles. The lowest BCUT2D eigenvalue weighted by Crippen LogP contribution is -1.94. The van der Waals surface area contributed by atoms with Crippen LogP contribution < -0.4 is 4.74 Å². The van der Waals surface area contributed by atoms with Gasteiger partial charge in [-0.2, -0.15) is 4.98 Å². The third-order valence-corrected chi connectivity index (χ3v) is 3.89. The van der Waals surface area contributed by atoms with Crippen LogP contribution in [-0.4, -0.2) is 22.2 Å². The molecule has 2 heterocycles. The van der Waals surface area contributed by atoms with Gasteiger partial charge in [0, 0.05) is 10.9 Å². The molecule has 2 aromatic carbocycles. The average molecular weight is 335 g/mol. The van der Waals surface area contributed by atoms with E-state index in [1.165, 1.54) is 12.1 Å². The van der Waals surface area contributed by atoms with Gasteiger partial charge >= 0.3 is 0 Å². The summed E-state index contributed by atoms with van der Waals surface area (Å²) < 4.78 is 23.8. The highest BCUT2D eigenvalue weighted by Gasteiger charge is 2.17. The molecular formula is C19H14FN3O2. The number of benzene rings is 2. The van der Waals surface area contributed by atoms with Crippen LogP contribution in [0.25, 0.3) is 33.7 Å². The molecule has 0 fully saturated rings. The Balaban J connectivity index is 1.81. The maximum Gasteiger partial charge on any atom is 0.258 e. The summed E-state index contributed by atoms with van der Waals surface area (Å²) in [6.07, 6.45) is 0. The number of methoxy groups -OCH3 is 1. The van der Waals surface area contributed by atoms with Crippen LogP contribution in [0.4, 0.5) is 4.39 Å². The van der Waals surface area contributed by atoms with Gasteiger partial charge in [0.1, 0.15) is 5.82 Å². The van der Waals surface area contributed by atoms with Crippen molar-refractivity contribution >= 4 is 10.9 Å². The van der Waals surface area contributed by atoms with Crippen LogP contribution in [0.5, 0.6) is 5.88 Å². The molecule has 0 bridgehead atoms. The maximum absolute atomic E-state index is 13.1.